The van der Waals surface area contributed by atoms with Crippen LogP contribution in [-0.4, -0.2) is 15.3 Å². The van der Waals surface area contributed by atoms with Gasteiger partial charge in [0.15, 0.2) is 0 Å². The molecule has 3 aromatic rings. The molecule has 0 saturated carbocycles. The van der Waals surface area contributed by atoms with Crippen LogP contribution in [0.4, 0.5) is 0 Å². The summed E-state index contributed by atoms with van der Waals surface area (Å²) in [6.45, 7) is 7.22. The third-order valence-corrected chi connectivity index (χ3v) is 9.19. The van der Waals surface area contributed by atoms with Gasteiger partial charge in [0.05, 0.1) is 6.10 Å². The van der Waals surface area contributed by atoms with E-state index < -0.39 is 5.60 Å². The summed E-state index contributed by atoms with van der Waals surface area (Å²) < 4.78 is 13.1. The summed E-state index contributed by atoms with van der Waals surface area (Å²) in [4.78, 5) is 0. The largest absolute Gasteiger partial charge is 0.489 e. The topological polar surface area (TPSA) is 38.7 Å². The maximum atomic E-state index is 11.9. The Labute approximate surface area is 207 Å². The normalized spacial score (nSPS) is 25.0. The zero-order valence-corrected chi connectivity index (χ0v) is 21.1. The number of thioether (sulfide) groups is 1. The van der Waals surface area contributed by atoms with Crippen molar-refractivity contribution < 1.29 is 14.6 Å². The quantitative estimate of drug-likeness (QED) is 0.416. The minimum atomic E-state index is -1.05. The fourth-order valence-corrected chi connectivity index (χ4v) is 7.14. The summed E-state index contributed by atoms with van der Waals surface area (Å²) in [7, 11) is 0. The van der Waals surface area contributed by atoms with Crippen LogP contribution in [0.15, 0.2) is 78.9 Å². The molecule has 1 saturated heterocycles. The number of rotatable bonds is 6. The maximum absolute atomic E-state index is 11.9. The monoisotopic (exact) mass is 474 g/mol. The van der Waals surface area contributed by atoms with Gasteiger partial charge in [-0.25, -0.2) is 0 Å². The Kier molecular flexibility index (Phi) is 6.49. The molecular formula is C30H34O3S. The standard InChI is InChI=1S/C30H34O3S/c1-4-30(31,22-14-9-6-10-15-22)28-33-27-24-16-11-17-26(32-20-21-12-7-5-8-13-21)23(24)18-19-25(27)29(2,3)34-28/h5-17,25,27-28,31H,4,18-20H2,1-3H3/t25-,27+,28+,30-/m0/s1. The molecule has 1 N–H and O–H groups in total. The highest BCUT2D eigenvalue weighted by molar-refractivity contribution is 8.01. The predicted octanol–water partition coefficient (Wildman–Crippen LogP) is 7.04. The van der Waals surface area contributed by atoms with Gasteiger partial charge < -0.3 is 14.6 Å². The number of hydrogen-bond donors (Lipinski definition) is 1. The molecular weight excluding hydrogens is 440 g/mol. The number of aliphatic hydroxyl groups is 1. The second-order valence-electron chi connectivity index (χ2n) is 10.00. The van der Waals surface area contributed by atoms with Crippen molar-refractivity contribution in [2.75, 3.05) is 0 Å². The second-order valence-corrected chi connectivity index (χ2v) is 11.7. The third-order valence-electron chi connectivity index (χ3n) is 7.56. The lowest BCUT2D eigenvalue weighted by atomic mass is 9.75. The number of benzene rings is 3. The Hall–Kier alpha value is -2.27. The molecule has 3 nitrogen and oxygen atoms in total. The fourth-order valence-electron chi connectivity index (χ4n) is 5.50. The number of ether oxygens (including phenoxy) is 2. The minimum Gasteiger partial charge on any atom is -0.489 e. The molecule has 0 radical (unpaired) electrons. The van der Waals surface area contributed by atoms with E-state index in [-0.39, 0.29) is 16.3 Å². The average Bonchev–Trinajstić information content (AvgIpc) is 2.87. The van der Waals surface area contributed by atoms with E-state index in [0.717, 1.165) is 29.7 Å². The molecule has 5 rings (SSSR count). The van der Waals surface area contributed by atoms with Gasteiger partial charge in [-0.05, 0) is 47.6 Å². The molecule has 0 bridgehead atoms. The summed E-state index contributed by atoms with van der Waals surface area (Å²) >= 11 is 1.78. The van der Waals surface area contributed by atoms with Crippen molar-refractivity contribution >= 4 is 11.8 Å². The molecule has 1 heterocycles. The molecule has 34 heavy (non-hydrogen) atoms. The van der Waals surface area contributed by atoms with Crippen molar-refractivity contribution in [1.29, 1.82) is 0 Å². The Balaban J connectivity index is 1.46. The molecule has 0 amide bonds. The molecule has 4 heteroatoms. The first kappa shape index (κ1) is 23.5. The van der Waals surface area contributed by atoms with Gasteiger partial charge in [-0.1, -0.05) is 93.6 Å². The van der Waals surface area contributed by atoms with E-state index in [1.54, 1.807) is 11.8 Å². The van der Waals surface area contributed by atoms with Crippen LogP contribution in [-0.2, 0) is 23.4 Å². The highest BCUT2D eigenvalue weighted by Crippen LogP contribution is 2.58. The van der Waals surface area contributed by atoms with Crippen LogP contribution in [0.3, 0.4) is 0 Å². The lowest BCUT2D eigenvalue weighted by molar-refractivity contribution is -0.130. The second kappa shape index (κ2) is 9.41. The van der Waals surface area contributed by atoms with Crippen LogP contribution < -0.4 is 4.74 Å². The van der Waals surface area contributed by atoms with Crippen LogP contribution in [0, 0.1) is 5.92 Å². The molecule has 1 fully saturated rings. The van der Waals surface area contributed by atoms with Crippen LogP contribution in [0.5, 0.6) is 5.75 Å². The first-order chi connectivity index (χ1) is 16.4. The molecule has 0 unspecified atom stereocenters. The van der Waals surface area contributed by atoms with Gasteiger partial charge in [0.25, 0.3) is 0 Å². The van der Waals surface area contributed by atoms with Gasteiger partial charge in [0.1, 0.15) is 23.4 Å². The smallest absolute Gasteiger partial charge is 0.137 e. The van der Waals surface area contributed by atoms with E-state index in [2.05, 4.69) is 44.2 Å². The zero-order valence-electron chi connectivity index (χ0n) is 20.2. The molecule has 0 aromatic heterocycles. The minimum absolute atomic E-state index is 0.0237. The van der Waals surface area contributed by atoms with Gasteiger partial charge in [-0.3, -0.25) is 0 Å². The summed E-state index contributed by atoms with van der Waals surface area (Å²) in [5.74, 6) is 1.33. The van der Waals surface area contributed by atoms with E-state index >= 15 is 0 Å². The average molecular weight is 475 g/mol. The van der Waals surface area contributed by atoms with E-state index in [4.69, 9.17) is 9.47 Å². The Morgan fingerprint density at radius 2 is 1.71 bits per heavy atom. The molecule has 0 spiro atoms. The lowest BCUT2D eigenvalue weighted by Crippen LogP contribution is -2.51. The van der Waals surface area contributed by atoms with Gasteiger partial charge >= 0.3 is 0 Å². The summed E-state index contributed by atoms with van der Waals surface area (Å²) in [6.07, 6.45) is 2.56. The number of hydrogen-bond acceptors (Lipinski definition) is 4. The number of fused-ring (bicyclic) bond motifs is 3. The van der Waals surface area contributed by atoms with Crippen molar-refractivity contribution in [1.82, 2.24) is 0 Å². The molecule has 1 aliphatic heterocycles. The van der Waals surface area contributed by atoms with Gasteiger partial charge in [0.2, 0.25) is 0 Å². The van der Waals surface area contributed by atoms with Crippen molar-refractivity contribution in [3.05, 3.63) is 101 Å². The predicted molar refractivity (Wildman–Crippen MR) is 139 cm³/mol. The summed E-state index contributed by atoms with van der Waals surface area (Å²) in [6, 6.07) is 26.6. The highest BCUT2D eigenvalue weighted by atomic mass is 32.2. The molecule has 4 atom stereocenters. The molecule has 3 aromatic carbocycles. The van der Waals surface area contributed by atoms with Crippen molar-refractivity contribution in [2.45, 2.75) is 68.5 Å². The first-order valence-corrected chi connectivity index (χ1v) is 13.2. The zero-order chi connectivity index (χ0) is 23.8. The molecule has 2 aliphatic rings. The SMILES string of the molecule is CC[C@](O)(c1ccccc1)[C@@H]1O[C@@H]2c3cccc(OCc4ccccc4)c3CC[C@@H]2C(C)(C)S1. The Morgan fingerprint density at radius 3 is 2.41 bits per heavy atom. The van der Waals surface area contributed by atoms with Crippen LogP contribution in [0.25, 0.3) is 0 Å². The molecule has 1 aliphatic carbocycles. The lowest BCUT2D eigenvalue weighted by Gasteiger charge is -2.52. The van der Waals surface area contributed by atoms with Gasteiger partial charge in [0, 0.05) is 10.7 Å². The maximum Gasteiger partial charge on any atom is 0.137 e. The summed E-state index contributed by atoms with van der Waals surface area (Å²) in [5.41, 5.74) is 3.15. The van der Waals surface area contributed by atoms with Gasteiger partial charge in [-0.15, -0.1) is 11.8 Å². The molecule has 178 valence electrons. The van der Waals surface area contributed by atoms with Crippen molar-refractivity contribution in [3.63, 3.8) is 0 Å². The Morgan fingerprint density at radius 1 is 1.00 bits per heavy atom. The van der Waals surface area contributed by atoms with Crippen LogP contribution in [0.2, 0.25) is 0 Å². The van der Waals surface area contributed by atoms with Gasteiger partial charge in [-0.2, -0.15) is 0 Å². The van der Waals surface area contributed by atoms with E-state index in [1.165, 1.54) is 11.1 Å². The van der Waals surface area contributed by atoms with Crippen molar-refractivity contribution in [2.24, 2.45) is 5.92 Å². The van der Waals surface area contributed by atoms with E-state index in [0.29, 0.717) is 18.9 Å². The van der Waals surface area contributed by atoms with E-state index in [9.17, 15) is 5.11 Å². The Bertz CT molecular complexity index is 1110. The fraction of sp³-hybridized carbons (Fsp3) is 0.400. The third kappa shape index (κ3) is 4.28. The first-order valence-electron chi connectivity index (χ1n) is 12.3. The van der Waals surface area contributed by atoms with Crippen LogP contribution in [0.1, 0.15) is 62.0 Å². The van der Waals surface area contributed by atoms with Crippen LogP contribution >= 0.6 is 11.8 Å². The van der Waals surface area contributed by atoms with Crippen molar-refractivity contribution in [3.8, 4) is 5.75 Å². The highest BCUT2D eigenvalue weighted by Gasteiger charge is 2.53. The summed E-state index contributed by atoms with van der Waals surface area (Å²) in [5, 5.41) is 11.9. The van der Waals surface area contributed by atoms with E-state index in [1.807, 2.05) is 55.5 Å².